The second kappa shape index (κ2) is 9.32. The highest BCUT2D eigenvalue weighted by molar-refractivity contribution is 5.97. The van der Waals surface area contributed by atoms with Crippen molar-refractivity contribution in [1.29, 1.82) is 0 Å². The molecule has 0 saturated carbocycles. The normalized spacial score (nSPS) is 10.6. The maximum atomic E-state index is 12.3. The highest BCUT2D eigenvalue weighted by atomic mass is 16.5. The Labute approximate surface area is 168 Å². The number of hydrogen-bond acceptors (Lipinski definition) is 5. The third kappa shape index (κ3) is 5.29. The van der Waals surface area contributed by atoms with Gasteiger partial charge in [-0.2, -0.15) is 5.10 Å². The van der Waals surface area contributed by atoms with Crippen LogP contribution in [0.25, 0.3) is 0 Å². The van der Waals surface area contributed by atoms with E-state index in [0.29, 0.717) is 22.6 Å². The fraction of sp³-hybridized carbons (Fsp3) is 0.0870. The summed E-state index contributed by atoms with van der Waals surface area (Å²) in [7, 11) is 1.51. The van der Waals surface area contributed by atoms with Gasteiger partial charge >= 0.3 is 5.97 Å². The Morgan fingerprint density at radius 3 is 2.38 bits per heavy atom. The molecular formula is C23H20N2O4. The summed E-state index contributed by atoms with van der Waals surface area (Å²) in [5.74, 6) is 0.115. The van der Waals surface area contributed by atoms with E-state index in [1.807, 2.05) is 19.1 Å². The number of carbonyl (C=O) groups is 2. The molecule has 3 aromatic carbocycles. The Balaban J connectivity index is 1.59. The van der Waals surface area contributed by atoms with Crippen molar-refractivity contribution < 1.29 is 19.1 Å². The maximum Gasteiger partial charge on any atom is 0.343 e. The van der Waals surface area contributed by atoms with E-state index in [9.17, 15) is 9.59 Å². The standard InChI is InChI=1S/C23H20N2O4/c1-16-8-13-20(21(14-16)28-2)22(26)25-24-15-17-9-11-19(12-10-17)29-23(27)18-6-4-3-5-7-18/h3-15H,1-2H3,(H,25,26)/b24-15-. The molecule has 0 atom stereocenters. The lowest BCUT2D eigenvalue weighted by Crippen LogP contribution is -2.18. The summed E-state index contributed by atoms with van der Waals surface area (Å²) in [6.07, 6.45) is 1.50. The number of hydrogen-bond donors (Lipinski definition) is 1. The van der Waals surface area contributed by atoms with Gasteiger partial charge in [0.2, 0.25) is 0 Å². The average molecular weight is 388 g/mol. The Morgan fingerprint density at radius 2 is 1.69 bits per heavy atom. The number of ether oxygens (including phenoxy) is 2. The van der Waals surface area contributed by atoms with E-state index in [2.05, 4.69) is 10.5 Å². The molecule has 0 radical (unpaired) electrons. The van der Waals surface area contributed by atoms with Gasteiger partial charge in [-0.05, 0) is 66.6 Å². The Morgan fingerprint density at radius 1 is 0.966 bits per heavy atom. The van der Waals surface area contributed by atoms with Crippen LogP contribution in [0.4, 0.5) is 0 Å². The molecule has 0 heterocycles. The fourth-order valence-electron chi connectivity index (χ4n) is 2.57. The lowest BCUT2D eigenvalue weighted by molar-refractivity contribution is 0.0734. The predicted octanol–water partition coefficient (Wildman–Crippen LogP) is 3.99. The predicted molar refractivity (Wildman–Crippen MR) is 111 cm³/mol. The molecule has 146 valence electrons. The van der Waals surface area contributed by atoms with Crippen LogP contribution in [0, 0.1) is 6.92 Å². The zero-order valence-corrected chi connectivity index (χ0v) is 16.1. The maximum absolute atomic E-state index is 12.3. The van der Waals surface area contributed by atoms with E-state index >= 15 is 0 Å². The van der Waals surface area contributed by atoms with Crippen LogP contribution in [0.3, 0.4) is 0 Å². The largest absolute Gasteiger partial charge is 0.496 e. The third-order valence-corrected chi connectivity index (χ3v) is 4.08. The zero-order chi connectivity index (χ0) is 20.6. The SMILES string of the molecule is COc1cc(C)ccc1C(=O)N/N=C\c1ccc(OC(=O)c2ccccc2)cc1. The second-order valence-electron chi connectivity index (χ2n) is 6.23. The van der Waals surface area contributed by atoms with E-state index in [4.69, 9.17) is 9.47 Å². The number of carbonyl (C=O) groups excluding carboxylic acids is 2. The van der Waals surface area contributed by atoms with Crippen LogP contribution in [0.1, 0.15) is 31.8 Å². The van der Waals surface area contributed by atoms with Crippen molar-refractivity contribution in [2.75, 3.05) is 7.11 Å². The highest BCUT2D eigenvalue weighted by Crippen LogP contribution is 2.19. The van der Waals surface area contributed by atoms with E-state index in [-0.39, 0.29) is 5.91 Å². The molecule has 0 spiro atoms. The third-order valence-electron chi connectivity index (χ3n) is 4.08. The molecule has 0 aliphatic heterocycles. The molecular weight excluding hydrogens is 368 g/mol. The first-order valence-electron chi connectivity index (χ1n) is 8.92. The smallest absolute Gasteiger partial charge is 0.343 e. The van der Waals surface area contributed by atoms with E-state index in [1.54, 1.807) is 60.7 Å². The highest BCUT2D eigenvalue weighted by Gasteiger charge is 2.11. The number of esters is 1. The van der Waals surface area contributed by atoms with Crippen molar-refractivity contribution >= 4 is 18.1 Å². The van der Waals surface area contributed by atoms with Crippen LogP contribution in [0.15, 0.2) is 77.9 Å². The minimum absolute atomic E-state index is 0.369. The molecule has 0 bridgehead atoms. The van der Waals surface area contributed by atoms with Gasteiger partial charge in [0, 0.05) is 0 Å². The van der Waals surface area contributed by atoms with Crippen molar-refractivity contribution in [3.63, 3.8) is 0 Å². The van der Waals surface area contributed by atoms with Gasteiger partial charge in [-0.3, -0.25) is 4.79 Å². The minimum Gasteiger partial charge on any atom is -0.496 e. The van der Waals surface area contributed by atoms with E-state index in [0.717, 1.165) is 11.1 Å². The van der Waals surface area contributed by atoms with Crippen LogP contribution in [0.5, 0.6) is 11.5 Å². The van der Waals surface area contributed by atoms with Crippen LogP contribution >= 0.6 is 0 Å². The van der Waals surface area contributed by atoms with Crippen molar-refractivity contribution in [2.24, 2.45) is 5.10 Å². The quantitative estimate of drug-likeness (QED) is 0.300. The molecule has 0 aromatic heterocycles. The molecule has 0 aliphatic carbocycles. The van der Waals surface area contributed by atoms with Crippen molar-refractivity contribution in [3.8, 4) is 11.5 Å². The zero-order valence-electron chi connectivity index (χ0n) is 16.1. The number of amides is 1. The Hall–Kier alpha value is -3.93. The first kappa shape index (κ1) is 19.8. The van der Waals surface area contributed by atoms with Gasteiger partial charge in [-0.25, -0.2) is 10.2 Å². The van der Waals surface area contributed by atoms with E-state index in [1.165, 1.54) is 13.3 Å². The number of rotatable bonds is 6. The van der Waals surface area contributed by atoms with Crippen molar-refractivity contribution in [1.82, 2.24) is 5.43 Å². The fourth-order valence-corrected chi connectivity index (χ4v) is 2.57. The summed E-state index contributed by atoms with van der Waals surface area (Å²) in [6.45, 7) is 1.92. The second-order valence-corrected chi connectivity index (χ2v) is 6.23. The lowest BCUT2D eigenvalue weighted by atomic mass is 10.1. The summed E-state index contributed by atoms with van der Waals surface area (Å²) in [4.78, 5) is 24.3. The molecule has 6 heteroatoms. The van der Waals surface area contributed by atoms with Gasteiger partial charge in [-0.15, -0.1) is 0 Å². The Bertz CT molecular complexity index is 1030. The van der Waals surface area contributed by atoms with Gasteiger partial charge in [0.05, 0.1) is 24.5 Å². The molecule has 29 heavy (non-hydrogen) atoms. The molecule has 0 aliphatic rings. The summed E-state index contributed by atoms with van der Waals surface area (Å²) in [5.41, 5.74) is 5.09. The first-order valence-corrected chi connectivity index (χ1v) is 8.92. The van der Waals surface area contributed by atoms with Crippen LogP contribution in [0.2, 0.25) is 0 Å². The van der Waals surface area contributed by atoms with Gasteiger partial charge in [-0.1, -0.05) is 24.3 Å². The summed E-state index contributed by atoms with van der Waals surface area (Å²) in [5, 5.41) is 3.97. The molecule has 0 unspecified atom stereocenters. The number of methoxy groups -OCH3 is 1. The minimum atomic E-state index is -0.425. The van der Waals surface area contributed by atoms with E-state index < -0.39 is 5.97 Å². The average Bonchev–Trinajstić information content (AvgIpc) is 2.75. The number of benzene rings is 3. The molecule has 3 aromatic rings. The molecule has 0 fully saturated rings. The molecule has 1 amide bonds. The Kier molecular flexibility index (Phi) is 6.37. The van der Waals surface area contributed by atoms with Crippen LogP contribution in [-0.4, -0.2) is 25.2 Å². The summed E-state index contributed by atoms with van der Waals surface area (Å²) < 4.78 is 10.6. The molecule has 3 rings (SSSR count). The van der Waals surface area contributed by atoms with Gasteiger partial charge in [0.25, 0.3) is 5.91 Å². The van der Waals surface area contributed by atoms with Gasteiger partial charge < -0.3 is 9.47 Å². The molecule has 6 nitrogen and oxygen atoms in total. The van der Waals surface area contributed by atoms with Gasteiger partial charge in [0.15, 0.2) is 0 Å². The number of nitrogens with zero attached hydrogens (tertiary/aromatic N) is 1. The number of hydrazone groups is 1. The topological polar surface area (TPSA) is 77.0 Å². The first-order chi connectivity index (χ1) is 14.1. The van der Waals surface area contributed by atoms with Crippen molar-refractivity contribution in [2.45, 2.75) is 6.92 Å². The lowest BCUT2D eigenvalue weighted by Gasteiger charge is -2.07. The van der Waals surface area contributed by atoms with Crippen LogP contribution < -0.4 is 14.9 Å². The molecule has 0 saturated heterocycles. The molecule has 1 N–H and O–H groups in total. The number of aryl methyl sites for hydroxylation is 1. The summed E-state index contributed by atoms with van der Waals surface area (Å²) >= 11 is 0. The van der Waals surface area contributed by atoms with Gasteiger partial charge in [0.1, 0.15) is 11.5 Å². The van der Waals surface area contributed by atoms with Crippen LogP contribution in [-0.2, 0) is 0 Å². The van der Waals surface area contributed by atoms with Crippen molar-refractivity contribution in [3.05, 3.63) is 95.1 Å². The summed E-state index contributed by atoms with van der Waals surface area (Å²) in [6, 6.07) is 20.8. The number of nitrogens with one attached hydrogen (secondary N) is 1. The monoisotopic (exact) mass is 388 g/mol.